The first-order chi connectivity index (χ1) is 15.9. The normalized spacial score (nSPS) is 13.5. The number of rotatable bonds is 21. The first-order valence-electron chi connectivity index (χ1n) is 12.8. The number of hydrogen-bond donors (Lipinski definition) is 2. The first-order valence-corrected chi connectivity index (χ1v) is 12.8. The molecule has 0 aromatic carbocycles. The molecular formula is C27H52N2O5. The van der Waals surface area contributed by atoms with E-state index in [4.69, 9.17) is 14.2 Å². The molecule has 1 atom stereocenters. The van der Waals surface area contributed by atoms with Crippen molar-refractivity contribution in [2.75, 3.05) is 52.7 Å². The second-order valence-electron chi connectivity index (χ2n) is 11.0. The molecule has 0 radical (unpaired) electrons. The lowest BCUT2D eigenvalue weighted by Crippen LogP contribution is -2.43. The zero-order chi connectivity index (χ0) is 26.1. The number of nitrogens with one attached hydrogen (secondary N) is 2. The number of carbonyl (C=O) groups is 2. The van der Waals surface area contributed by atoms with E-state index in [1.165, 1.54) is 0 Å². The first kappa shape index (κ1) is 32.6. The van der Waals surface area contributed by atoms with Gasteiger partial charge in [0.1, 0.15) is 13.2 Å². The van der Waals surface area contributed by atoms with Gasteiger partial charge in [-0.05, 0) is 30.1 Å². The van der Waals surface area contributed by atoms with Crippen molar-refractivity contribution in [2.45, 2.75) is 68.2 Å². The van der Waals surface area contributed by atoms with Crippen molar-refractivity contribution in [3.63, 3.8) is 0 Å². The largest absolute Gasteiger partial charge is 0.387 e. The maximum Gasteiger partial charge on any atom is 0.246 e. The van der Waals surface area contributed by atoms with Gasteiger partial charge in [-0.1, -0.05) is 62.0 Å². The van der Waals surface area contributed by atoms with Gasteiger partial charge in [0, 0.05) is 30.6 Å². The predicted molar refractivity (Wildman–Crippen MR) is 139 cm³/mol. The third-order valence-corrected chi connectivity index (χ3v) is 5.63. The van der Waals surface area contributed by atoms with Crippen molar-refractivity contribution in [1.82, 2.24) is 10.6 Å². The summed E-state index contributed by atoms with van der Waals surface area (Å²) >= 11 is 0. The van der Waals surface area contributed by atoms with Crippen molar-refractivity contribution in [1.29, 1.82) is 0 Å². The lowest BCUT2D eigenvalue weighted by atomic mass is 9.79. The molecule has 200 valence electrons. The standard InChI is InChI=1S/C27H52N2O5/c1-20(2)10-11-25(30)15-33-18-27(23(7)8,17-32-14-24(9)28-12-21(3)4)19-34-16-26(31)29-13-22(5)6/h20-23,28H,9-19H2,1-8H3,(H,29,31). The van der Waals surface area contributed by atoms with Crippen LogP contribution < -0.4 is 10.6 Å². The molecule has 7 nitrogen and oxygen atoms in total. The van der Waals surface area contributed by atoms with Gasteiger partial charge >= 0.3 is 0 Å². The Morgan fingerprint density at radius 2 is 1.24 bits per heavy atom. The lowest BCUT2D eigenvalue weighted by Gasteiger charge is -2.37. The Labute approximate surface area is 208 Å². The van der Waals surface area contributed by atoms with Crippen molar-refractivity contribution < 1.29 is 23.8 Å². The number of hydrogen-bond acceptors (Lipinski definition) is 6. The minimum atomic E-state index is -0.491. The van der Waals surface area contributed by atoms with E-state index >= 15 is 0 Å². The molecule has 1 amide bonds. The highest BCUT2D eigenvalue weighted by atomic mass is 16.5. The molecule has 0 aromatic rings. The third-order valence-electron chi connectivity index (χ3n) is 5.63. The molecule has 34 heavy (non-hydrogen) atoms. The van der Waals surface area contributed by atoms with Gasteiger partial charge in [-0.2, -0.15) is 0 Å². The summed E-state index contributed by atoms with van der Waals surface area (Å²) in [5.74, 6) is 1.50. The zero-order valence-electron chi connectivity index (χ0n) is 23.1. The molecule has 0 aromatic heterocycles. The van der Waals surface area contributed by atoms with Crippen LogP contribution in [0.25, 0.3) is 0 Å². The van der Waals surface area contributed by atoms with Crippen LogP contribution in [0.1, 0.15) is 68.2 Å². The zero-order valence-corrected chi connectivity index (χ0v) is 23.1. The smallest absolute Gasteiger partial charge is 0.246 e. The van der Waals surface area contributed by atoms with Crippen LogP contribution in [0.4, 0.5) is 0 Å². The SMILES string of the molecule is C=C(COCC(COCC(=O)CCC(C)C)(COCC(=O)NCC(C)C)C(C)C)NCC(C)C. The third kappa shape index (κ3) is 16.2. The van der Waals surface area contributed by atoms with Gasteiger partial charge in [0.05, 0.1) is 26.4 Å². The topological polar surface area (TPSA) is 85.9 Å². The Bertz CT molecular complexity index is 513. The minimum Gasteiger partial charge on any atom is -0.387 e. The second kappa shape index (κ2) is 17.9. The van der Waals surface area contributed by atoms with Crippen LogP contribution in [-0.2, 0) is 23.8 Å². The summed E-state index contributed by atoms with van der Waals surface area (Å²) in [5.41, 5.74) is 0.333. The fourth-order valence-corrected chi connectivity index (χ4v) is 3.01. The molecule has 0 bridgehead atoms. The quantitative estimate of drug-likeness (QED) is 0.254. The van der Waals surface area contributed by atoms with Crippen molar-refractivity contribution in [3.8, 4) is 0 Å². The summed E-state index contributed by atoms with van der Waals surface area (Å²) < 4.78 is 17.7. The average Bonchev–Trinajstić information content (AvgIpc) is 2.74. The van der Waals surface area contributed by atoms with Crippen LogP contribution >= 0.6 is 0 Å². The predicted octanol–water partition coefficient (Wildman–Crippen LogP) is 4.22. The molecule has 2 N–H and O–H groups in total. The van der Waals surface area contributed by atoms with Gasteiger partial charge in [-0.15, -0.1) is 0 Å². The van der Waals surface area contributed by atoms with Gasteiger partial charge in [0.25, 0.3) is 0 Å². The van der Waals surface area contributed by atoms with Crippen molar-refractivity contribution in [2.24, 2.45) is 29.1 Å². The monoisotopic (exact) mass is 484 g/mol. The average molecular weight is 485 g/mol. The van der Waals surface area contributed by atoms with Gasteiger partial charge in [0.15, 0.2) is 5.78 Å². The maximum atomic E-state index is 12.2. The number of carbonyl (C=O) groups excluding carboxylic acids is 2. The molecule has 0 spiro atoms. The van der Waals surface area contributed by atoms with Gasteiger partial charge in [0.2, 0.25) is 5.91 Å². The van der Waals surface area contributed by atoms with Crippen LogP contribution in [0.5, 0.6) is 0 Å². The number of ketones is 1. The summed E-state index contributed by atoms with van der Waals surface area (Å²) in [4.78, 5) is 24.3. The molecule has 0 aliphatic heterocycles. The van der Waals surface area contributed by atoms with E-state index in [-0.39, 0.29) is 30.8 Å². The van der Waals surface area contributed by atoms with E-state index in [0.29, 0.717) is 57.1 Å². The Balaban J connectivity index is 4.98. The minimum absolute atomic E-state index is 0.0167. The molecule has 0 rings (SSSR count). The Morgan fingerprint density at radius 1 is 0.735 bits per heavy atom. The van der Waals surface area contributed by atoms with Crippen LogP contribution in [0.3, 0.4) is 0 Å². The van der Waals surface area contributed by atoms with E-state index in [1.54, 1.807) is 0 Å². The summed E-state index contributed by atoms with van der Waals surface area (Å²) in [6, 6.07) is 0. The Kier molecular flexibility index (Phi) is 17.2. The molecule has 0 saturated heterocycles. The molecule has 0 heterocycles. The molecular weight excluding hydrogens is 432 g/mol. The summed E-state index contributed by atoms with van der Waals surface area (Å²) in [7, 11) is 0. The molecule has 7 heteroatoms. The molecule has 0 aliphatic rings. The van der Waals surface area contributed by atoms with E-state index in [0.717, 1.165) is 18.7 Å². The Morgan fingerprint density at radius 3 is 1.74 bits per heavy atom. The highest BCUT2D eigenvalue weighted by Crippen LogP contribution is 2.30. The Hall–Kier alpha value is -1.44. The molecule has 0 aliphatic carbocycles. The fourth-order valence-electron chi connectivity index (χ4n) is 3.01. The van der Waals surface area contributed by atoms with Crippen molar-refractivity contribution >= 4 is 11.7 Å². The fraction of sp³-hybridized carbons (Fsp3) is 0.852. The van der Waals surface area contributed by atoms with E-state index < -0.39 is 5.41 Å². The van der Waals surface area contributed by atoms with Gasteiger partial charge in [-0.25, -0.2) is 0 Å². The van der Waals surface area contributed by atoms with Crippen LogP contribution in [0.2, 0.25) is 0 Å². The van der Waals surface area contributed by atoms with E-state index in [9.17, 15) is 9.59 Å². The highest BCUT2D eigenvalue weighted by Gasteiger charge is 2.36. The van der Waals surface area contributed by atoms with E-state index in [1.807, 2.05) is 13.8 Å². The summed E-state index contributed by atoms with van der Waals surface area (Å²) in [5, 5.41) is 6.15. The molecule has 0 saturated carbocycles. The number of ether oxygens (including phenoxy) is 3. The van der Waals surface area contributed by atoms with Crippen LogP contribution in [0, 0.1) is 29.1 Å². The summed E-state index contributed by atoms with van der Waals surface area (Å²) in [6.07, 6.45) is 1.39. The van der Waals surface area contributed by atoms with Gasteiger partial charge in [-0.3, -0.25) is 9.59 Å². The van der Waals surface area contributed by atoms with Crippen LogP contribution in [-0.4, -0.2) is 64.4 Å². The highest BCUT2D eigenvalue weighted by molar-refractivity contribution is 5.79. The molecule has 1 unspecified atom stereocenters. The number of amides is 1. The summed E-state index contributed by atoms with van der Waals surface area (Å²) in [6.45, 7) is 23.7. The molecule has 0 fully saturated rings. The second-order valence-corrected chi connectivity index (χ2v) is 11.0. The number of Topliss-reactive ketones (excluding diaryl/α,β-unsaturated/α-hetero) is 1. The lowest BCUT2D eigenvalue weighted by molar-refractivity contribution is -0.135. The van der Waals surface area contributed by atoms with Crippen molar-refractivity contribution in [3.05, 3.63) is 12.3 Å². The maximum absolute atomic E-state index is 12.2. The van der Waals surface area contributed by atoms with Gasteiger partial charge < -0.3 is 24.8 Å². The van der Waals surface area contributed by atoms with Crippen LogP contribution in [0.15, 0.2) is 12.3 Å². The van der Waals surface area contributed by atoms with E-state index in [2.05, 4.69) is 58.8 Å².